The van der Waals surface area contributed by atoms with E-state index in [0.717, 1.165) is 25.9 Å². The first-order valence-corrected chi connectivity index (χ1v) is 12.0. The number of halogens is 2. The Hall–Kier alpha value is -3.09. The summed E-state index contributed by atoms with van der Waals surface area (Å²) in [6.45, 7) is 2.60. The molecule has 2 aliphatic heterocycles. The molecule has 7 heteroatoms. The summed E-state index contributed by atoms with van der Waals surface area (Å²) in [6, 6.07) is 20.4. The summed E-state index contributed by atoms with van der Waals surface area (Å²) in [7, 11) is 0. The number of rotatable bonds is 6. The van der Waals surface area contributed by atoms with Gasteiger partial charge in [-0.3, -0.25) is 9.80 Å². The van der Waals surface area contributed by atoms with Crippen molar-refractivity contribution in [1.82, 2.24) is 4.90 Å². The van der Waals surface area contributed by atoms with Crippen LogP contribution in [0.1, 0.15) is 30.9 Å². The summed E-state index contributed by atoms with van der Waals surface area (Å²) in [4.78, 5) is 17.0. The van der Waals surface area contributed by atoms with Gasteiger partial charge < -0.3 is 9.47 Å². The summed E-state index contributed by atoms with van der Waals surface area (Å²) in [5, 5.41) is 0.637. The van der Waals surface area contributed by atoms with E-state index in [4.69, 9.17) is 21.1 Å². The molecule has 5 rings (SSSR count). The third kappa shape index (κ3) is 5.03. The summed E-state index contributed by atoms with van der Waals surface area (Å²) >= 11 is 5.94. The fourth-order valence-electron chi connectivity index (χ4n) is 4.70. The third-order valence-electron chi connectivity index (χ3n) is 6.32. The summed E-state index contributed by atoms with van der Waals surface area (Å²) < 4.78 is 25.9. The Balaban J connectivity index is 1.41. The molecule has 1 amide bonds. The van der Waals surface area contributed by atoms with E-state index in [1.165, 1.54) is 18.6 Å². The second-order valence-corrected chi connectivity index (χ2v) is 9.14. The van der Waals surface area contributed by atoms with Gasteiger partial charge in [-0.2, -0.15) is 0 Å². The molecule has 34 heavy (non-hydrogen) atoms. The fraction of sp³-hybridized carbons (Fsp3) is 0.296. The molecule has 0 saturated carbocycles. The molecule has 2 saturated heterocycles. The average molecular weight is 481 g/mol. The Morgan fingerprint density at radius 1 is 0.941 bits per heavy atom. The lowest BCUT2D eigenvalue weighted by Gasteiger charge is -2.31. The van der Waals surface area contributed by atoms with Gasteiger partial charge in [0.2, 0.25) is 0 Å². The first kappa shape index (κ1) is 22.7. The highest BCUT2D eigenvalue weighted by Gasteiger charge is 2.44. The molecule has 0 aliphatic carbocycles. The van der Waals surface area contributed by atoms with Crippen LogP contribution in [0.3, 0.4) is 0 Å². The Morgan fingerprint density at radius 3 is 2.29 bits per heavy atom. The zero-order chi connectivity index (χ0) is 23.5. The van der Waals surface area contributed by atoms with E-state index in [9.17, 15) is 9.18 Å². The zero-order valence-electron chi connectivity index (χ0n) is 18.7. The van der Waals surface area contributed by atoms with Crippen molar-refractivity contribution in [3.63, 3.8) is 0 Å². The first-order valence-electron chi connectivity index (χ1n) is 11.6. The lowest BCUT2D eigenvalue weighted by Crippen LogP contribution is -2.39. The van der Waals surface area contributed by atoms with Crippen LogP contribution >= 0.6 is 11.6 Å². The van der Waals surface area contributed by atoms with Crippen LogP contribution in [0.4, 0.5) is 14.9 Å². The van der Waals surface area contributed by atoms with Gasteiger partial charge in [0.15, 0.2) is 0 Å². The number of cyclic esters (lactones) is 1. The molecule has 0 bridgehead atoms. The largest absolute Gasteiger partial charge is 0.457 e. The monoisotopic (exact) mass is 480 g/mol. The number of hydrogen-bond acceptors (Lipinski definition) is 4. The molecule has 0 N–H and O–H groups in total. The third-order valence-corrected chi connectivity index (χ3v) is 6.57. The second-order valence-electron chi connectivity index (χ2n) is 8.70. The van der Waals surface area contributed by atoms with Crippen molar-refractivity contribution >= 4 is 23.4 Å². The maximum absolute atomic E-state index is 14.1. The summed E-state index contributed by atoms with van der Waals surface area (Å²) in [5.74, 6) is 0.961. The first-order chi connectivity index (χ1) is 16.6. The predicted octanol–water partition coefficient (Wildman–Crippen LogP) is 6.82. The molecule has 0 aromatic heterocycles. The maximum atomic E-state index is 14.1. The number of hydrogen-bond donors (Lipinski definition) is 0. The lowest BCUT2D eigenvalue weighted by atomic mass is 9.98. The van der Waals surface area contributed by atoms with Gasteiger partial charge in [-0.1, -0.05) is 30.2 Å². The molecule has 2 heterocycles. The number of benzene rings is 3. The molecular formula is C27H26ClFN2O3. The van der Waals surface area contributed by atoms with E-state index in [1.807, 2.05) is 18.2 Å². The summed E-state index contributed by atoms with van der Waals surface area (Å²) in [5.41, 5.74) is 1.39. The van der Waals surface area contributed by atoms with E-state index < -0.39 is 18.2 Å². The Labute approximate surface area is 203 Å². The van der Waals surface area contributed by atoms with Crippen LogP contribution in [0.2, 0.25) is 5.02 Å². The van der Waals surface area contributed by atoms with Crippen molar-refractivity contribution in [3.8, 4) is 11.5 Å². The number of carbonyl (C=O) groups is 1. The van der Waals surface area contributed by atoms with Crippen LogP contribution in [0, 0.1) is 5.82 Å². The molecule has 0 unspecified atom stereocenters. The highest BCUT2D eigenvalue weighted by molar-refractivity contribution is 6.30. The van der Waals surface area contributed by atoms with E-state index >= 15 is 0 Å². The number of likely N-dealkylation sites (tertiary alicyclic amines) is 1. The van der Waals surface area contributed by atoms with Gasteiger partial charge in [0, 0.05) is 17.3 Å². The van der Waals surface area contributed by atoms with Gasteiger partial charge in [0.1, 0.15) is 29.5 Å². The molecular weight excluding hydrogens is 455 g/mol. The van der Waals surface area contributed by atoms with Gasteiger partial charge in [-0.15, -0.1) is 0 Å². The smallest absolute Gasteiger partial charge is 0.415 e. The Bertz CT molecular complexity index is 1130. The minimum atomic E-state index is -0.428. The molecule has 176 valence electrons. The predicted molar refractivity (Wildman–Crippen MR) is 130 cm³/mol. The molecule has 2 fully saturated rings. The highest BCUT2D eigenvalue weighted by atomic mass is 35.5. The Morgan fingerprint density at radius 2 is 1.62 bits per heavy atom. The van der Waals surface area contributed by atoms with Crippen LogP contribution in [0.15, 0.2) is 72.8 Å². The molecule has 0 spiro atoms. The van der Waals surface area contributed by atoms with Crippen LogP contribution < -0.4 is 9.64 Å². The van der Waals surface area contributed by atoms with Crippen molar-refractivity contribution in [2.75, 3.05) is 24.5 Å². The number of anilines is 1. The molecule has 0 radical (unpaired) electrons. The van der Waals surface area contributed by atoms with Crippen LogP contribution in [0.25, 0.3) is 0 Å². The van der Waals surface area contributed by atoms with Crippen LogP contribution in [-0.2, 0) is 4.74 Å². The van der Waals surface area contributed by atoms with Gasteiger partial charge in [0.25, 0.3) is 0 Å². The number of ether oxygens (including phenoxy) is 2. The number of nitrogens with zero attached hydrogens (tertiary/aromatic N) is 2. The maximum Gasteiger partial charge on any atom is 0.415 e. The van der Waals surface area contributed by atoms with Crippen LogP contribution in [-0.4, -0.2) is 36.7 Å². The minimum Gasteiger partial charge on any atom is -0.457 e. The minimum absolute atomic E-state index is 0.333. The molecule has 3 aromatic carbocycles. The van der Waals surface area contributed by atoms with Crippen molar-refractivity contribution in [2.45, 2.75) is 31.4 Å². The van der Waals surface area contributed by atoms with Gasteiger partial charge >= 0.3 is 6.09 Å². The number of amides is 1. The second kappa shape index (κ2) is 10.0. The number of piperidine rings is 1. The van der Waals surface area contributed by atoms with Crippen molar-refractivity contribution in [1.29, 1.82) is 0 Å². The average Bonchev–Trinajstić information content (AvgIpc) is 3.17. The normalized spacial score (nSPS) is 20.9. The lowest BCUT2D eigenvalue weighted by molar-refractivity contribution is 0.0887. The zero-order valence-corrected chi connectivity index (χ0v) is 19.5. The molecule has 2 atom stereocenters. The van der Waals surface area contributed by atoms with Crippen molar-refractivity contribution in [3.05, 3.63) is 89.2 Å². The quantitative estimate of drug-likeness (QED) is 0.388. The van der Waals surface area contributed by atoms with Gasteiger partial charge in [-0.05, 0) is 92.2 Å². The molecule has 3 aromatic rings. The van der Waals surface area contributed by atoms with Crippen LogP contribution in [0.5, 0.6) is 11.5 Å². The van der Waals surface area contributed by atoms with E-state index in [-0.39, 0.29) is 5.82 Å². The SMILES string of the molecule is O=C1O[C@@H](CN2CCCCC2)[C@H](c2cccc(F)c2)N1c1ccc(Oc2ccc(Cl)cc2)cc1. The van der Waals surface area contributed by atoms with Crippen molar-refractivity contribution < 1.29 is 18.7 Å². The number of carbonyl (C=O) groups excluding carboxylic acids is 1. The standard InChI is InChI=1S/C27H26ClFN2O3/c28-20-7-11-23(12-8-20)33-24-13-9-22(10-14-24)31-26(19-5-4-6-21(29)17-19)25(34-27(31)32)18-30-15-2-1-3-16-30/h4-14,17,25-26H,1-3,15-16,18H2/t25-,26-/m0/s1. The van der Waals surface area contributed by atoms with Gasteiger partial charge in [-0.25, -0.2) is 9.18 Å². The fourth-order valence-corrected chi connectivity index (χ4v) is 4.82. The van der Waals surface area contributed by atoms with E-state index in [1.54, 1.807) is 47.4 Å². The topological polar surface area (TPSA) is 42.0 Å². The van der Waals surface area contributed by atoms with E-state index in [2.05, 4.69) is 4.90 Å². The Kier molecular flexibility index (Phi) is 6.70. The summed E-state index contributed by atoms with van der Waals surface area (Å²) in [6.07, 6.45) is 2.69. The molecule has 5 nitrogen and oxygen atoms in total. The van der Waals surface area contributed by atoms with E-state index in [0.29, 0.717) is 34.3 Å². The highest BCUT2D eigenvalue weighted by Crippen LogP contribution is 2.39. The van der Waals surface area contributed by atoms with Gasteiger partial charge in [0.05, 0.1) is 0 Å². The van der Waals surface area contributed by atoms with Crippen molar-refractivity contribution in [2.24, 2.45) is 0 Å². The molecule has 2 aliphatic rings.